The van der Waals surface area contributed by atoms with Crippen LogP contribution in [0.4, 0.5) is 0 Å². The van der Waals surface area contributed by atoms with Crippen LogP contribution in [0.3, 0.4) is 0 Å². The average molecular weight is 532 g/mol. The molecule has 1 aromatic heterocycles. The van der Waals surface area contributed by atoms with Gasteiger partial charge in [-0.25, -0.2) is 0 Å². The fourth-order valence-electron chi connectivity index (χ4n) is 4.34. The molecule has 0 unspecified atom stereocenters. The number of hydrogen-bond donors (Lipinski definition) is 2. The molecule has 3 aromatic rings. The molecule has 0 bridgehead atoms. The predicted molar refractivity (Wildman–Crippen MR) is 149 cm³/mol. The topological polar surface area (TPSA) is 67.2 Å². The molecule has 2 aromatic carbocycles. The number of aliphatic imine (C=N–C) groups is 2. The van der Waals surface area contributed by atoms with E-state index >= 15 is 0 Å². The lowest BCUT2D eigenvalue weighted by Crippen LogP contribution is -2.30. The first-order chi connectivity index (χ1) is 16.4. The number of thiophene rings is 1. The number of nitrogens with one attached hydrogen (secondary N) is 2. The molecule has 0 saturated carbocycles. The first-order valence-corrected chi connectivity index (χ1v) is 12.4. The molecule has 0 spiro atoms. The van der Waals surface area contributed by atoms with Crippen LogP contribution in [0.2, 0.25) is 0 Å². The molecule has 3 aliphatic rings. The Kier molecular flexibility index (Phi) is 8.21. The molecule has 0 radical (unpaired) electrons. The lowest BCUT2D eigenvalue weighted by molar-refractivity contribution is 0.175. The van der Waals surface area contributed by atoms with E-state index in [1.54, 1.807) is 11.3 Å². The average Bonchev–Trinajstić information content (AvgIpc) is 3.30. The second-order valence-corrected chi connectivity index (χ2v) is 9.31. The lowest BCUT2D eigenvalue weighted by Gasteiger charge is -2.18. The molecule has 3 aliphatic heterocycles. The molecular formula is C26H28Cl2N4O2S. The fourth-order valence-corrected chi connectivity index (χ4v) is 5.54. The van der Waals surface area contributed by atoms with Crippen LogP contribution in [0.5, 0.6) is 11.5 Å². The SMILES string of the molecule is Cl.Cl.c1cc(-c2sc(-c3ccc(C4=NCCCN4)cc3)c3c2OCCO3)ccc1C1=NCCCN1. The quantitative estimate of drug-likeness (QED) is 0.487. The Balaban J connectivity index is 0.00000144. The molecule has 0 saturated heterocycles. The summed E-state index contributed by atoms with van der Waals surface area (Å²) in [7, 11) is 0. The summed E-state index contributed by atoms with van der Waals surface area (Å²) in [5.41, 5.74) is 4.50. The minimum Gasteiger partial charge on any atom is -0.485 e. The molecule has 35 heavy (non-hydrogen) atoms. The first-order valence-electron chi connectivity index (χ1n) is 11.6. The predicted octanol–water partition coefficient (Wildman–Crippen LogP) is 5.18. The molecule has 6 nitrogen and oxygen atoms in total. The van der Waals surface area contributed by atoms with Crippen LogP contribution in [-0.4, -0.2) is 51.1 Å². The van der Waals surface area contributed by atoms with E-state index in [4.69, 9.17) is 9.47 Å². The molecule has 6 rings (SSSR count). The summed E-state index contributed by atoms with van der Waals surface area (Å²) in [6.07, 6.45) is 2.18. The number of hydrogen-bond acceptors (Lipinski definition) is 7. The van der Waals surface area contributed by atoms with Crippen molar-refractivity contribution in [3.63, 3.8) is 0 Å². The van der Waals surface area contributed by atoms with E-state index in [2.05, 4.69) is 69.1 Å². The molecule has 4 heterocycles. The van der Waals surface area contributed by atoms with Crippen molar-refractivity contribution in [3.8, 4) is 32.4 Å². The highest BCUT2D eigenvalue weighted by Crippen LogP contribution is 2.53. The summed E-state index contributed by atoms with van der Waals surface area (Å²) in [5.74, 6) is 3.67. The number of benzene rings is 2. The van der Waals surface area contributed by atoms with Crippen molar-refractivity contribution in [2.75, 3.05) is 39.4 Å². The normalized spacial score (nSPS) is 16.5. The number of fused-ring (bicyclic) bond motifs is 1. The second kappa shape index (κ2) is 11.3. The van der Waals surface area contributed by atoms with Gasteiger partial charge in [0.05, 0.1) is 9.75 Å². The van der Waals surface area contributed by atoms with E-state index in [0.29, 0.717) is 13.2 Å². The van der Waals surface area contributed by atoms with Crippen LogP contribution in [0, 0.1) is 0 Å². The Morgan fingerprint density at radius 1 is 0.600 bits per heavy atom. The van der Waals surface area contributed by atoms with Gasteiger partial charge < -0.3 is 20.1 Å². The van der Waals surface area contributed by atoms with Gasteiger partial charge in [0.25, 0.3) is 0 Å². The van der Waals surface area contributed by atoms with Gasteiger partial charge in [-0.3, -0.25) is 9.98 Å². The van der Waals surface area contributed by atoms with E-state index in [-0.39, 0.29) is 24.8 Å². The Hall–Kier alpha value is -2.74. The van der Waals surface area contributed by atoms with Crippen LogP contribution in [0.25, 0.3) is 20.9 Å². The zero-order valence-electron chi connectivity index (χ0n) is 19.2. The Morgan fingerprint density at radius 3 is 1.37 bits per heavy atom. The highest BCUT2D eigenvalue weighted by molar-refractivity contribution is 7.19. The molecule has 9 heteroatoms. The highest BCUT2D eigenvalue weighted by atomic mass is 35.5. The van der Waals surface area contributed by atoms with Crippen molar-refractivity contribution in [3.05, 3.63) is 59.7 Å². The lowest BCUT2D eigenvalue weighted by atomic mass is 10.1. The highest BCUT2D eigenvalue weighted by Gasteiger charge is 2.26. The Morgan fingerprint density at radius 2 is 1.00 bits per heavy atom. The molecule has 184 valence electrons. The zero-order valence-corrected chi connectivity index (χ0v) is 21.7. The number of ether oxygens (including phenoxy) is 2. The Labute approximate surface area is 221 Å². The third kappa shape index (κ3) is 5.13. The van der Waals surface area contributed by atoms with Gasteiger partial charge in [-0.2, -0.15) is 0 Å². The van der Waals surface area contributed by atoms with Gasteiger partial charge in [-0.1, -0.05) is 48.5 Å². The molecule has 2 N–H and O–H groups in total. The van der Waals surface area contributed by atoms with Crippen molar-refractivity contribution in [1.82, 2.24) is 10.6 Å². The standard InChI is InChI=1S/C26H26N4O2S.2ClH/c1-11-27-25(28-12-1)19-7-3-17(4-8-19)23-21-22(32-16-15-31-21)24(33-23)18-5-9-20(10-6-18)26-29-13-2-14-30-26;;/h3-10H,1-2,11-16H2,(H,27,28)(H,29,30);2*1H. The molecule has 0 amide bonds. The largest absolute Gasteiger partial charge is 0.485 e. The van der Waals surface area contributed by atoms with Crippen molar-refractivity contribution in [2.45, 2.75) is 12.8 Å². The number of halogens is 2. The molecular weight excluding hydrogens is 503 g/mol. The summed E-state index contributed by atoms with van der Waals surface area (Å²) in [6.45, 7) is 4.88. The van der Waals surface area contributed by atoms with Gasteiger partial charge >= 0.3 is 0 Å². The molecule has 0 atom stereocenters. The zero-order chi connectivity index (χ0) is 22.0. The number of nitrogens with zero attached hydrogens (tertiary/aromatic N) is 2. The van der Waals surface area contributed by atoms with Crippen LogP contribution < -0.4 is 20.1 Å². The summed E-state index contributed by atoms with van der Waals surface area (Å²) < 4.78 is 12.2. The van der Waals surface area contributed by atoms with Gasteiger partial charge in [0.2, 0.25) is 0 Å². The first kappa shape index (κ1) is 25.4. The maximum absolute atomic E-state index is 6.10. The number of rotatable bonds is 4. The monoisotopic (exact) mass is 530 g/mol. The van der Waals surface area contributed by atoms with Crippen LogP contribution in [0.1, 0.15) is 24.0 Å². The third-order valence-corrected chi connectivity index (χ3v) is 7.28. The van der Waals surface area contributed by atoms with Gasteiger partial charge in [-0.15, -0.1) is 36.2 Å². The third-order valence-electron chi connectivity index (χ3n) is 6.03. The van der Waals surface area contributed by atoms with Gasteiger partial charge in [-0.05, 0) is 24.0 Å². The second-order valence-electron chi connectivity index (χ2n) is 8.29. The van der Waals surface area contributed by atoms with Crippen LogP contribution in [0.15, 0.2) is 58.5 Å². The maximum atomic E-state index is 6.10. The van der Waals surface area contributed by atoms with Gasteiger partial charge in [0, 0.05) is 37.3 Å². The summed E-state index contributed by atoms with van der Waals surface area (Å²) in [5, 5.41) is 6.79. The van der Waals surface area contributed by atoms with E-state index in [1.807, 2.05) is 0 Å². The minimum atomic E-state index is 0. The summed E-state index contributed by atoms with van der Waals surface area (Å²) in [6, 6.07) is 17.1. The van der Waals surface area contributed by atoms with Crippen LogP contribution in [-0.2, 0) is 0 Å². The van der Waals surface area contributed by atoms with Crippen molar-refractivity contribution in [1.29, 1.82) is 0 Å². The van der Waals surface area contributed by atoms with E-state index < -0.39 is 0 Å². The van der Waals surface area contributed by atoms with Crippen LogP contribution >= 0.6 is 36.2 Å². The summed E-state index contributed by atoms with van der Waals surface area (Å²) in [4.78, 5) is 11.4. The molecule has 0 fully saturated rings. The minimum absolute atomic E-state index is 0. The fraction of sp³-hybridized carbons (Fsp3) is 0.308. The van der Waals surface area contributed by atoms with Gasteiger partial charge in [0.1, 0.15) is 24.9 Å². The summed E-state index contributed by atoms with van der Waals surface area (Å²) >= 11 is 1.72. The maximum Gasteiger partial charge on any atom is 0.180 e. The van der Waals surface area contributed by atoms with E-state index in [1.165, 1.54) is 0 Å². The van der Waals surface area contributed by atoms with Gasteiger partial charge in [0.15, 0.2) is 11.5 Å². The smallest absolute Gasteiger partial charge is 0.180 e. The van der Waals surface area contributed by atoms with E-state index in [0.717, 1.165) is 94.2 Å². The molecule has 0 aliphatic carbocycles. The van der Waals surface area contributed by atoms with Crippen molar-refractivity contribution in [2.24, 2.45) is 9.98 Å². The Bertz CT molecular complexity index is 1130. The van der Waals surface area contributed by atoms with E-state index in [9.17, 15) is 0 Å². The number of amidine groups is 2. The van der Waals surface area contributed by atoms with Crippen molar-refractivity contribution >= 4 is 47.8 Å². The van der Waals surface area contributed by atoms with Crippen molar-refractivity contribution < 1.29 is 9.47 Å².